The lowest BCUT2D eigenvalue weighted by molar-refractivity contribution is 0.595. The van der Waals surface area contributed by atoms with E-state index in [4.69, 9.17) is 4.98 Å². The fourth-order valence-electron chi connectivity index (χ4n) is 2.28. The van der Waals surface area contributed by atoms with Gasteiger partial charge in [-0.3, -0.25) is 4.98 Å². The summed E-state index contributed by atoms with van der Waals surface area (Å²) in [7, 11) is 0. The highest BCUT2D eigenvalue weighted by Crippen LogP contribution is 2.32. The molecule has 1 aliphatic carbocycles. The highest BCUT2D eigenvalue weighted by molar-refractivity contribution is 9.10. The Bertz CT molecular complexity index is 607. The van der Waals surface area contributed by atoms with Crippen LogP contribution in [0.4, 0.5) is 0 Å². The summed E-state index contributed by atoms with van der Waals surface area (Å²) in [5.41, 5.74) is 2.40. The first kappa shape index (κ1) is 14.2. The second-order valence-electron chi connectivity index (χ2n) is 5.22. The molecule has 0 aromatic carbocycles. The smallest absolute Gasteiger partial charge is 0.115 e. The van der Waals surface area contributed by atoms with Crippen molar-refractivity contribution >= 4 is 27.3 Å². The van der Waals surface area contributed by atoms with Crippen molar-refractivity contribution in [1.29, 1.82) is 0 Å². The molecule has 0 radical (unpaired) electrons. The zero-order valence-corrected chi connectivity index (χ0v) is 14.1. The SMILES string of the molecule is CCc1nc(C(NC2CC2)c2cncc(Br)c2)sc1C. The number of halogens is 1. The Balaban J connectivity index is 1.96. The average Bonchev–Trinajstić information content (AvgIpc) is 3.18. The van der Waals surface area contributed by atoms with Crippen LogP contribution in [-0.4, -0.2) is 16.0 Å². The highest BCUT2D eigenvalue weighted by Gasteiger charge is 2.28. The summed E-state index contributed by atoms with van der Waals surface area (Å²) in [6, 6.07) is 2.93. The number of rotatable bonds is 5. The summed E-state index contributed by atoms with van der Waals surface area (Å²) in [6.07, 6.45) is 7.29. The van der Waals surface area contributed by atoms with Crippen molar-refractivity contribution in [3.05, 3.63) is 44.1 Å². The molecule has 2 aromatic rings. The van der Waals surface area contributed by atoms with Gasteiger partial charge in [0.05, 0.1) is 11.7 Å². The quantitative estimate of drug-likeness (QED) is 0.884. The number of thiazole rings is 1. The standard InChI is InChI=1S/C15H18BrN3S/c1-3-13-9(2)20-15(19-13)14(18-12-4-5-12)10-6-11(16)8-17-7-10/h6-8,12,14,18H,3-5H2,1-2H3. The molecule has 20 heavy (non-hydrogen) atoms. The molecule has 0 spiro atoms. The molecule has 1 N–H and O–H groups in total. The number of nitrogens with zero attached hydrogens (tertiary/aromatic N) is 2. The Hall–Kier alpha value is -0.780. The molecule has 106 valence electrons. The molecule has 0 saturated heterocycles. The number of nitrogens with one attached hydrogen (secondary N) is 1. The second-order valence-corrected chi connectivity index (χ2v) is 7.37. The maximum Gasteiger partial charge on any atom is 0.115 e. The van der Waals surface area contributed by atoms with E-state index in [0.717, 1.165) is 15.9 Å². The minimum absolute atomic E-state index is 0.163. The Morgan fingerprint density at radius 1 is 1.45 bits per heavy atom. The summed E-state index contributed by atoms with van der Waals surface area (Å²) in [4.78, 5) is 10.5. The van der Waals surface area contributed by atoms with Crippen molar-refractivity contribution in [1.82, 2.24) is 15.3 Å². The molecule has 2 aromatic heterocycles. The van der Waals surface area contributed by atoms with Crippen molar-refractivity contribution in [3.8, 4) is 0 Å². The van der Waals surface area contributed by atoms with Crippen LogP contribution in [0.1, 0.15) is 46.9 Å². The van der Waals surface area contributed by atoms with Crippen molar-refractivity contribution in [2.24, 2.45) is 0 Å². The molecular weight excluding hydrogens is 334 g/mol. The summed E-state index contributed by atoms with van der Waals surface area (Å²) in [5.74, 6) is 0. The molecule has 0 bridgehead atoms. The lowest BCUT2D eigenvalue weighted by Gasteiger charge is -2.16. The van der Waals surface area contributed by atoms with Gasteiger partial charge in [-0.1, -0.05) is 6.92 Å². The van der Waals surface area contributed by atoms with Gasteiger partial charge in [0.1, 0.15) is 5.01 Å². The number of hydrogen-bond acceptors (Lipinski definition) is 4. The maximum atomic E-state index is 4.83. The summed E-state index contributed by atoms with van der Waals surface area (Å²) in [5, 5.41) is 4.86. The molecule has 2 heterocycles. The van der Waals surface area contributed by atoms with E-state index in [-0.39, 0.29) is 6.04 Å². The molecule has 0 aliphatic heterocycles. The van der Waals surface area contributed by atoms with Gasteiger partial charge in [-0.05, 0) is 53.7 Å². The molecular formula is C15H18BrN3S. The van der Waals surface area contributed by atoms with Crippen LogP contribution < -0.4 is 5.32 Å². The van der Waals surface area contributed by atoms with Gasteiger partial charge < -0.3 is 5.32 Å². The third-order valence-electron chi connectivity index (χ3n) is 3.53. The lowest BCUT2D eigenvalue weighted by Crippen LogP contribution is -2.24. The molecule has 1 fully saturated rings. The van der Waals surface area contributed by atoms with Gasteiger partial charge in [0.15, 0.2) is 0 Å². The van der Waals surface area contributed by atoms with Gasteiger partial charge in [-0.2, -0.15) is 0 Å². The number of pyridine rings is 1. The van der Waals surface area contributed by atoms with E-state index < -0.39 is 0 Å². The fraction of sp³-hybridized carbons (Fsp3) is 0.467. The van der Waals surface area contributed by atoms with Crippen LogP contribution in [0, 0.1) is 6.92 Å². The van der Waals surface area contributed by atoms with Crippen LogP contribution in [0.5, 0.6) is 0 Å². The summed E-state index contributed by atoms with van der Waals surface area (Å²) >= 11 is 5.31. The van der Waals surface area contributed by atoms with Crippen LogP contribution in [0.3, 0.4) is 0 Å². The van der Waals surface area contributed by atoms with Crippen molar-refractivity contribution < 1.29 is 0 Å². The Morgan fingerprint density at radius 3 is 2.85 bits per heavy atom. The van der Waals surface area contributed by atoms with Crippen LogP contribution >= 0.6 is 27.3 Å². The van der Waals surface area contributed by atoms with Crippen molar-refractivity contribution in [3.63, 3.8) is 0 Å². The molecule has 3 nitrogen and oxygen atoms in total. The Kier molecular flexibility index (Phi) is 4.19. The van der Waals surface area contributed by atoms with E-state index >= 15 is 0 Å². The van der Waals surface area contributed by atoms with Crippen LogP contribution in [-0.2, 0) is 6.42 Å². The van der Waals surface area contributed by atoms with E-state index in [9.17, 15) is 0 Å². The maximum absolute atomic E-state index is 4.83. The third kappa shape index (κ3) is 3.10. The second kappa shape index (κ2) is 5.92. The molecule has 3 rings (SSSR count). The Labute approximate surface area is 132 Å². The molecule has 1 atom stereocenters. The minimum atomic E-state index is 0.163. The average molecular weight is 352 g/mol. The van der Waals surface area contributed by atoms with Gasteiger partial charge in [0.25, 0.3) is 0 Å². The third-order valence-corrected chi connectivity index (χ3v) is 5.04. The minimum Gasteiger partial charge on any atom is -0.301 e. The fourth-order valence-corrected chi connectivity index (χ4v) is 3.77. The van der Waals surface area contributed by atoms with Crippen LogP contribution in [0.15, 0.2) is 22.9 Å². The van der Waals surface area contributed by atoms with Crippen LogP contribution in [0.2, 0.25) is 0 Å². The highest BCUT2D eigenvalue weighted by atomic mass is 79.9. The predicted molar refractivity (Wildman–Crippen MR) is 86.2 cm³/mol. The van der Waals surface area contributed by atoms with E-state index in [0.29, 0.717) is 6.04 Å². The van der Waals surface area contributed by atoms with Gasteiger partial charge in [0, 0.05) is 27.8 Å². The number of aromatic nitrogens is 2. The van der Waals surface area contributed by atoms with Gasteiger partial charge in [0.2, 0.25) is 0 Å². The lowest BCUT2D eigenvalue weighted by atomic mass is 10.1. The molecule has 1 aliphatic rings. The molecule has 1 saturated carbocycles. The Morgan fingerprint density at radius 2 is 2.25 bits per heavy atom. The molecule has 5 heteroatoms. The van der Waals surface area contributed by atoms with Crippen molar-refractivity contribution in [2.45, 2.75) is 45.2 Å². The van der Waals surface area contributed by atoms with Gasteiger partial charge in [-0.15, -0.1) is 11.3 Å². The molecule has 0 amide bonds. The normalized spacial score (nSPS) is 16.4. The van der Waals surface area contributed by atoms with Gasteiger partial charge >= 0.3 is 0 Å². The van der Waals surface area contributed by atoms with E-state index in [2.05, 4.69) is 46.1 Å². The largest absolute Gasteiger partial charge is 0.301 e. The zero-order valence-electron chi connectivity index (χ0n) is 11.7. The zero-order chi connectivity index (χ0) is 14.1. The first-order valence-corrected chi connectivity index (χ1v) is 8.61. The molecule has 1 unspecified atom stereocenters. The van der Waals surface area contributed by atoms with Crippen LogP contribution in [0.25, 0.3) is 0 Å². The van der Waals surface area contributed by atoms with E-state index in [1.165, 1.54) is 29.0 Å². The van der Waals surface area contributed by atoms with Crippen molar-refractivity contribution in [2.75, 3.05) is 0 Å². The summed E-state index contributed by atoms with van der Waals surface area (Å²) in [6.45, 7) is 4.32. The van der Waals surface area contributed by atoms with E-state index in [1.54, 1.807) is 11.3 Å². The first-order valence-electron chi connectivity index (χ1n) is 7.00. The summed E-state index contributed by atoms with van der Waals surface area (Å²) < 4.78 is 1.02. The topological polar surface area (TPSA) is 37.8 Å². The predicted octanol–water partition coefficient (Wildman–Crippen LogP) is 4.01. The van der Waals surface area contributed by atoms with Gasteiger partial charge in [-0.25, -0.2) is 4.98 Å². The number of aryl methyl sites for hydroxylation is 2. The number of hydrogen-bond donors (Lipinski definition) is 1. The monoisotopic (exact) mass is 351 g/mol. The van der Waals surface area contributed by atoms with E-state index in [1.807, 2.05) is 12.4 Å². The first-order chi connectivity index (χ1) is 9.67.